The summed E-state index contributed by atoms with van der Waals surface area (Å²) in [5.41, 5.74) is 0.0763. The number of nitrogens with zero attached hydrogens (tertiary/aromatic N) is 2. The molecule has 2 aliphatic heterocycles. The summed E-state index contributed by atoms with van der Waals surface area (Å²) in [4.78, 5) is 14.4. The molecule has 4 rings (SSSR count). The minimum absolute atomic E-state index is 0.0133. The number of amides is 1. The van der Waals surface area contributed by atoms with E-state index in [4.69, 9.17) is 23.5 Å². The lowest BCUT2D eigenvalue weighted by molar-refractivity contribution is 0.00327. The van der Waals surface area contributed by atoms with Gasteiger partial charge in [-0.3, -0.25) is 0 Å². The highest BCUT2D eigenvalue weighted by molar-refractivity contribution is 5.88. The molecular formula is C22H30N2O6. The third-order valence-corrected chi connectivity index (χ3v) is 5.28. The number of hydrogen-bond acceptors (Lipinski definition) is 7. The number of aromatic nitrogens is 1. The van der Waals surface area contributed by atoms with Crippen molar-refractivity contribution in [3.8, 4) is 11.6 Å². The lowest BCUT2D eigenvalue weighted by atomic mass is 10.0. The summed E-state index contributed by atoms with van der Waals surface area (Å²) in [6.45, 7) is 7.89. The summed E-state index contributed by atoms with van der Waals surface area (Å²) in [5.74, 6) is 1.06. The zero-order chi connectivity index (χ0) is 21.1. The van der Waals surface area contributed by atoms with Crippen LogP contribution < -0.4 is 9.47 Å². The third-order valence-electron chi connectivity index (χ3n) is 5.28. The van der Waals surface area contributed by atoms with E-state index in [1.54, 1.807) is 4.90 Å². The molecule has 0 saturated carbocycles. The van der Waals surface area contributed by atoms with Crippen LogP contribution in [0.3, 0.4) is 0 Å². The normalized spacial score (nSPS) is 22.3. The van der Waals surface area contributed by atoms with E-state index in [0.29, 0.717) is 49.0 Å². The van der Waals surface area contributed by atoms with E-state index >= 15 is 0 Å². The first kappa shape index (κ1) is 20.8. The van der Waals surface area contributed by atoms with Gasteiger partial charge in [-0.2, -0.15) is 0 Å². The Labute approximate surface area is 176 Å². The highest BCUT2D eigenvalue weighted by atomic mass is 16.6. The van der Waals surface area contributed by atoms with Gasteiger partial charge in [-0.25, -0.2) is 4.79 Å². The maximum Gasteiger partial charge on any atom is 0.410 e. The second-order valence-electron chi connectivity index (χ2n) is 8.85. The summed E-state index contributed by atoms with van der Waals surface area (Å²) in [6.07, 6.45) is 3.43. The van der Waals surface area contributed by atoms with Crippen molar-refractivity contribution in [2.45, 2.75) is 64.2 Å². The Morgan fingerprint density at radius 3 is 2.90 bits per heavy atom. The fraction of sp³-hybridized carbons (Fsp3) is 0.636. The number of carbonyl (C=O) groups is 1. The first-order chi connectivity index (χ1) is 14.4. The van der Waals surface area contributed by atoms with Gasteiger partial charge in [0.05, 0.1) is 19.3 Å². The minimum atomic E-state index is -0.529. The third kappa shape index (κ3) is 4.80. The quantitative estimate of drug-likeness (QED) is 0.721. The van der Waals surface area contributed by atoms with Gasteiger partial charge in [-0.1, -0.05) is 6.07 Å². The maximum absolute atomic E-state index is 12.6. The first-order valence-corrected chi connectivity index (χ1v) is 10.7. The molecule has 0 N–H and O–H groups in total. The second-order valence-corrected chi connectivity index (χ2v) is 8.85. The average molecular weight is 418 g/mol. The van der Waals surface area contributed by atoms with E-state index in [0.717, 1.165) is 25.7 Å². The fourth-order valence-electron chi connectivity index (χ4n) is 3.83. The Kier molecular flexibility index (Phi) is 6.04. The van der Waals surface area contributed by atoms with Gasteiger partial charge in [-0.05, 0) is 57.3 Å². The van der Waals surface area contributed by atoms with E-state index in [1.807, 2.05) is 39.0 Å². The summed E-state index contributed by atoms with van der Waals surface area (Å²) < 4.78 is 28.6. The standard InChI is InChI=1S/C22H30N2O6/c1-22(2,3)29-21(25)24-11-5-4-7-15(24)13-27-20-19-17(28-16-10-12-26-14-16)8-6-9-18(19)30-23-20/h6,8-9,15-16H,4-5,7,10-14H2,1-3H3/t15?,16-/m1/s1. The molecule has 0 spiro atoms. The van der Waals surface area contributed by atoms with Gasteiger partial charge in [0.2, 0.25) is 0 Å². The Hall–Kier alpha value is -2.48. The Morgan fingerprint density at radius 2 is 2.13 bits per heavy atom. The van der Waals surface area contributed by atoms with Crippen molar-refractivity contribution >= 4 is 17.1 Å². The fourth-order valence-corrected chi connectivity index (χ4v) is 3.83. The van der Waals surface area contributed by atoms with Crippen LogP contribution in [-0.2, 0) is 9.47 Å². The highest BCUT2D eigenvalue weighted by Gasteiger charge is 2.31. The van der Waals surface area contributed by atoms with E-state index < -0.39 is 5.60 Å². The van der Waals surface area contributed by atoms with Crippen molar-refractivity contribution in [3.63, 3.8) is 0 Å². The number of fused-ring (bicyclic) bond motifs is 1. The van der Waals surface area contributed by atoms with Crippen LogP contribution in [0.5, 0.6) is 11.6 Å². The summed E-state index contributed by atoms with van der Waals surface area (Å²) in [7, 11) is 0. The molecule has 2 aromatic rings. The number of piperidine rings is 1. The van der Waals surface area contributed by atoms with Crippen LogP contribution >= 0.6 is 0 Å². The zero-order valence-electron chi connectivity index (χ0n) is 17.9. The number of carbonyl (C=O) groups excluding carboxylic acids is 1. The number of hydrogen-bond donors (Lipinski definition) is 0. The molecule has 0 bridgehead atoms. The van der Waals surface area contributed by atoms with Crippen LogP contribution in [-0.4, -0.2) is 60.3 Å². The van der Waals surface area contributed by atoms with E-state index in [2.05, 4.69) is 5.16 Å². The number of rotatable bonds is 5. The van der Waals surface area contributed by atoms with Crippen LogP contribution in [0.2, 0.25) is 0 Å². The van der Waals surface area contributed by atoms with Crippen molar-refractivity contribution in [2.75, 3.05) is 26.4 Å². The van der Waals surface area contributed by atoms with Crippen molar-refractivity contribution in [2.24, 2.45) is 0 Å². The molecule has 1 aromatic heterocycles. The smallest absolute Gasteiger partial charge is 0.410 e. The lowest BCUT2D eigenvalue weighted by Crippen LogP contribution is -2.48. The molecule has 0 aliphatic carbocycles. The van der Waals surface area contributed by atoms with E-state index in [1.165, 1.54) is 0 Å². The topological polar surface area (TPSA) is 83.3 Å². The molecule has 30 heavy (non-hydrogen) atoms. The molecule has 0 radical (unpaired) electrons. The molecule has 1 aromatic carbocycles. The van der Waals surface area contributed by atoms with Crippen LogP contribution in [0.25, 0.3) is 11.0 Å². The SMILES string of the molecule is CC(C)(C)OC(=O)N1CCCCC1COc1noc2cccc(O[C@@H]3CCOC3)c12. The molecule has 164 valence electrons. The Bertz CT molecular complexity index is 868. The van der Waals surface area contributed by atoms with Crippen molar-refractivity contribution < 1.29 is 28.3 Å². The van der Waals surface area contributed by atoms with E-state index in [-0.39, 0.29) is 18.2 Å². The summed E-state index contributed by atoms with van der Waals surface area (Å²) >= 11 is 0. The molecule has 1 amide bonds. The largest absolute Gasteiger partial charge is 0.487 e. The van der Waals surface area contributed by atoms with Gasteiger partial charge in [-0.15, -0.1) is 0 Å². The Balaban J connectivity index is 1.47. The predicted molar refractivity (Wildman–Crippen MR) is 110 cm³/mol. The molecule has 2 fully saturated rings. The minimum Gasteiger partial charge on any atom is -0.487 e. The molecular weight excluding hydrogens is 388 g/mol. The maximum atomic E-state index is 12.6. The van der Waals surface area contributed by atoms with Crippen LogP contribution in [0.1, 0.15) is 46.5 Å². The second kappa shape index (κ2) is 8.71. The predicted octanol–water partition coefficient (Wildman–Crippen LogP) is 4.16. The number of likely N-dealkylation sites (tertiary alicyclic amines) is 1. The van der Waals surface area contributed by atoms with Gasteiger partial charge in [0, 0.05) is 13.0 Å². The molecule has 2 saturated heterocycles. The van der Waals surface area contributed by atoms with Gasteiger partial charge in [0.1, 0.15) is 29.4 Å². The van der Waals surface area contributed by atoms with Crippen molar-refractivity contribution in [3.05, 3.63) is 18.2 Å². The van der Waals surface area contributed by atoms with Crippen molar-refractivity contribution in [1.82, 2.24) is 10.1 Å². The molecule has 2 aliphatic rings. The molecule has 8 nitrogen and oxygen atoms in total. The lowest BCUT2D eigenvalue weighted by Gasteiger charge is -2.36. The summed E-state index contributed by atoms with van der Waals surface area (Å²) in [5, 5.41) is 4.81. The van der Waals surface area contributed by atoms with Gasteiger partial charge >= 0.3 is 6.09 Å². The van der Waals surface area contributed by atoms with Crippen LogP contribution in [0.15, 0.2) is 22.7 Å². The van der Waals surface area contributed by atoms with Crippen molar-refractivity contribution in [1.29, 1.82) is 0 Å². The van der Waals surface area contributed by atoms with Crippen LogP contribution in [0, 0.1) is 0 Å². The Morgan fingerprint density at radius 1 is 1.27 bits per heavy atom. The van der Waals surface area contributed by atoms with Gasteiger partial charge in [0.15, 0.2) is 5.58 Å². The van der Waals surface area contributed by atoms with Crippen LogP contribution in [0.4, 0.5) is 4.79 Å². The highest BCUT2D eigenvalue weighted by Crippen LogP contribution is 2.35. The average Bonchev–Trinajstić information content (AvgIpc) is 3.35. The molecule has 1 unspecified atom stereocenters. The molecule has 8 heteroatoms. The van der Waals surface area contributed by atoms with Gasteiger partial charge < -0.3 is 28.4 Å². The number of benzene rings is 1. The zero-order valence-corrected chi connectivity index (χ0v) is 17.9. The monoisotopic (exact) mass is 418 g/mol. The van der Waals surface area contributed by atoms with Gasteiger partial charge in [0.25, 0.3) is 5.88 Å². The van der Waals surface area contributed by atoms with E-state index in [9.17, 15) is 4.79 Å². The molecule has 3 heterocycles. The summed E-state index contributed by atoms with van der Waals surface area (Å²) in [6, 6.07) is 5.52. The number of ether oxygens (including phenoxy) is 4. The first-order valence-electron chi connectivity index (χ1n) is 10.7. The molecule has 2 atom stereocenters.